The zero-order chi connectivity index (χ0) is 14.1. The van der Waals surface area contributed by atoms with Crippen LogP contribution in [0.15, 0.2) is 4.99 Å². The molecule has 1 spiro atoms. The average molecular weight is 268 g/mol. The van der Waals surface area contributed by atoms with Gasteiger partial charge in [-0.15, -0.1) is 0 Å². The molecule has 1 saturated heterocycles. The van der Waals surface area contributed by atoms with E-state index in [1.807, 2.05) is 0 Å². The minimum Gasteiger partial charge on any atom is -0.375 e. The van der Waals surface area contributed by atoms with Crippen molar-refractivity contribution in [3.8, 4) is 0 Å². The quantitative estimate of drug-likeness (QED) is 0.823. The summed E-state index contributed by atoms with van der Waals surface area (Å²) in [6.45, 7) is 8.00. The molecular formula is C14H28N4O. The number of nitrogens with two attached hydrogens (primary N) is 1. The number of guanidine groups is 1. The molecule has 5 heteroatoms. The van der Waals surface area contributed by atoms with E-state index >= 15 is 0 Å². The summed E-state index contributed by atoms with van der Waals surface area (Å²) in [6, 6.07) is 0. The van der Waals surface area contributed by atoms with Gasteiger partial charge in [-0.05, 0) is 33.9 Å². The molecule has 2 N–H and O–H groups in total. The fourth-order valence-electron chi connectivity index (χ4n) is 3.21. The molecule has 110 valence electrons. The van der Waals surface area contributed by atoms with Gasteiger partial charge in [0.25, 0.3) is 0 Å². The summed E-state index contributed by atoms with van der Waals surface area (Å²) in [5.41, 5.74) is 6.17. The fraction of sp³-hybridized carbons (Fsp3) is 0.929. The van der Waals surface area contributed by atoms with E-state index in [0.717, 1.165) is 45.5 Å². The first-order valence-corrected chi connectivity index (χ1v) is 7.27. The second kappa shape index (κ2) is 5.29. The van der Waals surface area contributed by atoms with Crippen molar-refractivity contribution in [1.82, 2.24) is 9.80 Å². The molecule has 2 rings (SSSR count). The van der Waals surface area contributed by atoms with Crippen molar-refractivity contribution in [2.45, 2.75) is 44.2 Å². The van der Waals surface area contributed by atoms with Gasteiger partial charge in [-0.3, -0.25) is 4.99 Å². The summed E-state index contributed by atoms with van der Waals surface area (Å²) in [5.74, 6) is 0.710. The molecule has 2 heterocycles. The lowest BCUT2D eigenvalue weighted by Gasteiger charge is -2.49. The Kier molecular flexibility index (Phi) is 4.06. The molecule has 2 unspecified atom stereocenters. The molecule has 0 aromatic heterocycles. The molecule has 19 heavy (non-hydrogen) atoms. The first-order chi connectivity index (χ1) is 8.91. The van der Waals surface area contributed by atoms with E-state index in [0.29, 0.717) is 5.96 Å². The molecule has 5 nitrogen and oxygen atoms in total. The predicted molar refractivity (Wildman–Crippen MR) is 78.4 cm³/mol. The predicted octanol–water partition coefficient (Wildman–Crippen LogP) is 0.896. The molecule has 2 aliphatic rings. The number of hydrogen-bond acceptors (Lipinski definition) is 5. The molecule has 0 aliphatic carbocycles. The van der Waals surface area contributed by atoms with Gasteiger partial charge in [0.2, 0.25) is 0 Å². The lowest BCUT2D eigenvalue weighted by molar-refractivity contribution is -0.114. The van der Waals surface area contributed by atoms with Crippen molar-refractivity contribution in [2.75, 3.05) is 40.3 Å². The van der Waals surface area contributed by atoms with Gasteiger partial charge in [0.05, 0.1) is 17.7 Å². The Morgan fingerprint density at radius 3 is 2.84 bits per heavy atom. The Balaban J connectivity index is 2.12. The van der Waals surface area contributed by atoms with Crippen LogP contribution in [0.2, 0.25) is 0 Å². The third kappa shape index (κ3) is 2.87. The number of likely N-dealkylation sites (N-methyl/N-ethyl adjacent to an activating group) is 1. The van der Waals surface area contributed by atoms with Crippen LogP contribution < -0.4 is 5.73 Å². The van der Waals surface area contributed by atoms with Crippen LogP contribution in [0.5, 0.6) is 0 Å². The van der Waals surface area contributed by atoms with E-state index in [1.165, 1.54) is 0 Å². The van der Waals surface area contributed by atoms with Crippen LogP contribution >= 0.6 is 0 Å². The molecule has 1 fully saturated rings. The zero-order valence-electron chi connectivity index (χ0n) is 12.8. The van der Waals surface area contributed by atoms with Crippen molar-refractivity contribution in [1.29, 1.82) is 0 Å². The molecule has 0 bridgehead atoms. The van der Waals surface area contributed by atoms with E-state index in [4.69, 9.17) is 10.5 Å². The topological polar surface area (TPSA) is 54.1 Å². The van der Waals surface area contributed by atoms with E-state index in [9.17, 15) is 0 Å². The van der Waals surface area contributed by atoms with Gasteiger partial charge in [0.1, 0.15) is 0 Å². The van der Waals surface area contributed by atoms with Crippen LogP contribution in [-0.2, 0) is 4.74 Å². The lowest BCUT2D eigenvalue weighted by atomic mass is 9.78. The normalized spacial score (nSPS) is 35.2. The maximum absolute atomic E-state index is 6.12. The maximum atomic E-state index is 6.12. The highest BCUT2D eigenvalue weighted by molar-refractivity contribution is 5.81. The first-order valence-electron chi connectivity index (χ1n) is 7.27. The fourth-order valence-corrected chi connectivity index (χ4v) is 3.21. The van der Waals surface area contributed by atoms with E-state index in [2.05, 4.69) is 42.7 Å². The molecule has 0 amide bonds. The molecule has 0 aromatic carbocycles. The van der Waals surface area contributed by atoms with Gasteiger partial charge in [0, 0.05) is 26.1 Å². The number of aliphatic imine (C=N–C) groups is 1. The summed E-state index contributed by atoms with van der Waals surface area (Å²) in [4.78, 5) is 9.03. The lowest BCUT2D eigenvalue weighted by Crippen LogP contribution is -2.59. The molecule has 0 aromatic rings. The van der Waals surface area contributed by atoms with Gasteiger partial charge in [-0.2, -0.15) is 0 Å². The average Bonchev–Trinajstić information content (AvgIpc) is 2.64. The van der Waals surface area contributed by atoms with Crippen molar-refractivity contribution in [2.24, 2.45) is 10.7 Å². The van der Waals surface area contributed by atoms with Gasteiger partial charge in [0.15, 0.2) is 5.96 Å². The minimum absolute atomic E-state index is 0.0330. The number of hydrogen-bond donors (Lipinski definition) is 1. The van der Waals surface area contributed by atoms with Gasteiger partial charge >= 0.3 is 0 Å². The number of ether oxygens (including phenoxy) is 1. The van der Waals surface area contributed by atoms with Crippen molar-refractivity contribution >= 4 is 5.96 Å². The zero-order valence-corrected chi connectivity index (χ0v) is 12.8. The molecule has 2 aliphatic heterocycles. The Morgan fingerprint density at radius 2 is 2.21 bits per heavy atom. The Morgan fingerprint density at radius 1 is 1.47 bits per heavy atom. The van der Waals surface area contributed by atoms with Crippen LogP contribution in [0.1, 0.15) is 33.1 Å². The summed E-state index contributed by atoms with van der Waals surface area (Å²) >= 11 is 0. The highest BCUT2D eigenvalue weighted by atomic mass is 16.5. The minimum atomic E-state index is -0.0330. The summed E-state index contributed by atoms with van der Waals surface area (Å²) in [5, 5.41) is 0. The van der Waals surface area contributed by atoms with Crippen LogP contribution in [0.3, 0.4) is 0 Å². The third-order valence-electron chi connectivity index (χ3n) is 4.62. The highest BCUT2D eigenvalue weighted by Gasteiger charge is 2.49. The van der Waals surface area contributed by atoms with Crippen LogP contribution in [-0.4, -0.2) is 67.2 Å². The molecule has 0 saturated carbocycles. The maximum Gasteiger partial charge on any atom is 0.191 e. The van der Waals surface area contributed by atoms with Crippen LogP contribution in [0.25, 0.3) is 0 Å². The van der Waals surface area contributed by atoms with Crippen LogP contribution in [0, 0.1) is 0 Å². The van der Waals surface area contributed by atoms with E-state index < -0.39 is 0 Å². The second-order valence-corrected chi connectivity index (χ2v) is 6.43. The summed E-state index contributed by atoms with van der Waals surface area (Å²) in [7, 11) is 4.19. The Bertz CT molecular complexity index is 357. The first kappa shape index (κ1) is 14.6. The van der Waals surface area contributed by atoms with E-state index in [-0.39, 0.29) is 11.1 Å². The van der Waals surface area contributed by atoms with Crippen LogP contribution in [0.4, 0.5) is 0 Å². The number of rotatable bonds is 4. The second-order valence-electron chi connectivity index (χ2n) is 6.43. The summed E-state index contributed by atoms with van der Waals surface area (Å²) in [6.07, 6.45) is 3.09. The van der Waals surface area contributed by atoms with Gasteiger partial charge in [-0.1, -0.05) is 6.92 Å². The Hall–Kier alpha value is -0.810. The SMILES string of the molecule is CCC1(C)CC2(CCO1)CN=C(N)N2CCN(C)C. The third-order valence-corrected chi connectivity index (χ3v) is 4.62. The van der Waals surface area contributed by atoms with Crippen molar-refractivity contribution < 1.29 is 4.74 Å². The van der Waals surface area contributed by atoms with Crippen molar-refractivity contribution in [3.63, 3.8) is 0 Å². The molecular weight excluding hydrogens is 240 g/mol. The largest absolute Gasteiger partial charge is 0.375 e. The van der Waals surface area contributed by atoms with Gasteiger partial charge < -0.3 is 20.3 Å². The smallest absolute Gasteiger partial charge is 0.191 e. The number of nitrogens with zero attached hydrogens (tertiary/aromatic N) is 3. The Labute approximate surface area is 116 Å². The standard InChI is InChI=1S/C14H28N4O/c1-5-13(2)10-14(6-9-19-13)11-16-12(15)18(14)8-7-17(3)4/h5-11H2,1-4H3,(H2,15,16). The molecule has 2 atom stereocenters. The highest BCUT2D eigenvalue weighted by Crippen LogP contribution is 2.40. The van der Waals surface area contributed by atoms with Crippen molar-refractivity contribution in [3.05, 3.63) is 0 Å². The monoisotopic (exact) mass is 268 g/mol. The van der Waals surface area contributed by atoms with E-state index in [1.54, 1.807) is 0 Å². The summed E-state index contributed by atoms with van der Waals surface area (Å²) < 4.78 is 5.98. The molecule has 0 radical (unpaired) electrons. The van der Waals surface area contributed by atoms with Gasteiger partial charge in [-0.25, -0.2) is 0 Å².